The number of hydrogen-bond donors (Lipinski definition) is 1. The molecule has 0 aliphatic heterocycles. The molecule has 3 aromatic rings. The fourth-order valence-electron chi connectivity index (χ4n) is 2.55. The Labute approximate surface area is 164 Å². The van der Waals surface area contributed by atoms with Crippen LogP contribution in [0.5, 0.6) is 11.5 Å². The number of benzene rings is 1. The number of ether oxygens (including phenoxy) is 2. The third-order valence-corrected chi connectivity index (χ3v) is 4.20. The van der Waals surface area contributed by atoms with Crippen LogP contribution in [0.2, 0.25) is 0 Å². The molecule has 0 aliphatic carbocycles. The molecule has 3 rings (SSSR count). The van der Waals surface area contributed by atoms with Crippen LogP contribution in [0.25, 0.3) is 0 Å². The van der Waals surface area contributed by atoms with Crippen LogP contribution >= 0.6 is 12.2 Å². The minimum atomic E-state index is -0.449. The van der Waals surface area contributed by atoms with Crippen molar-refractivity contribution in [1.29, 1.82) is 0 Å². The van der Waals surface area contributed by atoms with E-state index in [0.29, 0.717) is 27.7 Å². The molecule has 1 N–H and O–H groups in total. The van der Waals surface area contributed by atoms with Gasteiger partial charge in [-0.1, -0.05) is 0 Å². The van der Waals surface area contributed by atoms with Crippen molar-refractivity contribution >= 4 is 24.1 Å². The number of nitro groups is 1. The highest BCUT2D eigenvalue weighted by Crippen LogP contribution is 2.29. The lowest BCUT2D eigenvalue weighted by molar-refractivity contribution is -0.386. The molecule has 0 bridgehead atoms. The van der Waals surface area contributed by atoms with Crippen molar-refractivity contribution in [1.82, 2.24) is 24.7 Å². The molecule has 0 saturated heterocycles. The average molecular weight is 403 g/mol. The molecule has 0 saturated carbocycles. The van der Waals surface area contributed by atoms with Crippen LogP contribution in [-0.4, -0.2) is 42.9 Å². The molecule has 0 amide bonds. The summed E-state index contributed by atoms with van der Waals surface area (Å²) in [6.07, 6.45) is 3.06. The van der Waals surface area contributed by atoms with Crippen LogP contribution < -0.4 is 9.47 Å². The predicted octanol–water partition coefficient (Wildman–Crippen LogP) is 2.59. The molecule has 1 aromatic carbocycles. The molecule has 2 aromatic heterocycles. The Hall–Kier alpha value is -3.54. The van der Waals surface area contributed by atoms with E-state index in [4.69, 9.17) is 21.7 Å². The van der Waals surface area contributed by atoms with Crippen molar-refractivity contribution in [2.75, 3.05) is 7.11 Å². The quantitative estimate of drug-likeness (QED) is 0.278. The monoisotopic (exact) mass is 403 g/mol. The zero-order valence-electron chi connectivity index (χ0n) is 15.3. The maximum absolute atomic E-state index is 11.1. The van der Waals surface area contributed by atoms with Gasteiger partial charge in [0.15, 0.2) is 18.2 Å². The fraction of sp³-hybridized carbons (Fsp3) is 0.250. The molecule has 2 heterocycles. The summed E-state index contributed by atoms with van der Waals surface area (Å²) in [7, 11) is 1.52. The van der Waals surface area contributed by atoms with Gasteiger partial charge in [0.2, 0.25) is 4.77 Å². The van der Waals surface area contributed by atoms with E-state index in [1.54, 1.807) is 38.3 Å². The summed E-state index contributed by atoms with van der Waals surface area (Å²) in [5.41, 5.74) is 1.50. The Morgan fingerprint density at radius 2 is 2.18 bits per heavy atom. The van der Waals surface area contributed by atoms with E-state index in [1.165, 1.54) is 22.8 Å². The van der Waals surface area contributed by atoms with E-state index in [9.17, 15) is 10.1 Å². The SMILES string of the molecule is COc1cc(/C=N\n2cn[nH]c2=S)ccc1OCn1nc(C)c([N+](=O)[O-])c1C. The van der Waals surface area contributed by atoms with Crippen molar-refractivity contribution in [3.63, 3.8) is 0 Å². The van der Waals surface area contributed by atoms with Crippen LogP contribution in [0.3, 0.4) is 0 Å². The van der Waals surface area contributed by atoms with Crippen LogP contribution in [0.1, 0.15) is 17.0 Å². The van der Waals surface area contributed by atoms with Crippen LogP contribution in [0.4, 0.5) is 5.69 Å². The van der Waals surface area contributed by atoms with E-state index in [2.05, 4.69) is 20.4 Å². The van der Waals surface area contributed by atoms with Crippen molar-refractivity contribution in [2.24, 2.45) is 5.10 Å². The second-order valence-electron chi connectivity index (χ2n) is 5.71. The van der Waals surface area contributed by atoms with Gasteiger partial charge in [-0.15, -0.1) is 0 Å². The third-order valence-electron chi connectivity index (χ3n) is 3.92. The molecule has 0 fully saturated rings. The highest BCUT2D eigenvalue weighted by molar-refractivity contribution is 7.71. The Morgan fingerprint density at radius 1 is 1.39 bits per heavy atom. The van der Waals surface area contributed by atoms with E-state index in [-0.39, 0.29) is 12.4 Å². The Balaban J connectivity index is 1.77. The number of hydrogen-bond acceptors (Lipinski definition) is 8. The highest BCUT2D eigenvalue weighted by atomic mass is 32.1. The van der Waals surface area contributed by atoms with Crippen LogP contribution in [0.15, 0.2) is 29.6 Å². The molecule has 0 radical (unpaired) electrons. The number of nitrogens with one attached hydrogen (secondary N) is 1. The van der Waals surface area contributed by atoms with Gasteiger partial charge in [-0.2, -0.15) is 20.0 Å². The van der Waals surface area contributed by atoms with Gasteiger partial charge >= 0.3 is 5.69 Å². The second kappa shape index (κ2) is 8.00. The normalized spacial score (nSPS) is 11.1. The summed E-state index contributed by atoms with van der Waals surface area (Å²) in [5.74, 6) is 0.950. The summed E-state index contributed by atoms with van der Waals surface area (Å²) < 4.78 is 14.3. The Kier molecular flexibility index (Phi) is 5.49. The number of aryl methyl sites for hydroxylation is 1. The van der Waals surface area contributed by atoms with Gasteiger partial charge in [-0.05, 0) is 49.8 Å². The van der Waals surface area contributed by atoms with Crippen molar-refractivity contribution in [3.8, 4) is 11.5 Å². The number of nitrogens with zero attached hydrogens (tertiary/aromatic N) is 6. The molecule has 28 heavy (non-hydrogen) atoms. The predicted molar refractivity (Wildman–Crippen MR) is 102 cm³/mol. The molecule has 11 nitrogen and oxygen atoms in total. The lowest BCUT2D eigenvalue weighted by Crippen LogP contribution is -2.09. The average Bonchev–Trinajstić information content (AvgIpc) is 3.20. The van der Waals surface area contributed by atoms with Crippen molar-refractivity contribution in [3.05, 3.63) is 56.4 Å². The van der Waals surface area contributed by atoms with Gasteiger partial charge in [-0.25, -0.2) is 4.68 Å². The summed E-state index contributed by atoms with van der Waals surface area (Å²) in [6.45, 7) is 3.22. The molecular weight excluding hydrogens is 386 g/mol. The summed E-state index contributed by atoms with van der Waals surface area (Å²) in [5, 5.41) is 25.8. The van der Waals surface area contributed by atoms with Crippen LogP contribution in [-0.2, 0) is 6.73 Å². The first-order chi connectivity index (χ1) is 13.4. The smallest absolute Gasteiger partial charge is 0.312 e. The molecule has 12 heteroatoms. The second-order valence-corrected chi connectivity index (χ2v) is 6.10. The number of aromatic amines is 1. The maximum Gasteiger partial charge on any atom is 0.312 e. The zero-order chi connectivity index (χ0) is 20.3. The van der Waals surface area contributed by atoms with Gasteiger partial charge in [0.1, 0.15) is 17.7 Å². The number of methoxy groups -OCH3 is 1. The largest absolute Gasteiger partial charge is 0.493 e. The first kappa shape index (κ1) is 19.2. The number of H-pyrrole nitrogens is 1. The van der Waals surface area contributed by atoms with Gasteiger partial charge in [0.05, 0.1) is 18.2 Å². The minimum Gasteiger partial charge on any atom is -0.493 e. The van der Waals surface area contributed by atoms with Gasteiger partial charge in [0, 0.05) is 0 Å². The van der Waals surface area contributed by atoms with Crippen molar-refractivity contribution in [2.45, 2.75) is 20.6 Å². The molecular formula is C16H17N7O4S. The highest BCUT2D eigenvalue weighted by Gasteiger charge is 2.22. The topological polar surface area (TPSA) is 125 Å². The van der Waals surface area contributed by atoms with Crippen molar-refractivity contribution < 1.29 is 14.4 Å². The summed E-state index contributed by atoms with van der Waals surface area (Å²) in [4.78, 5) is 10.7. The zero-order valence-corrected chi connectivity index (χ0v) is 16.1. The Morgan fingerprint density at radius 3 is 2.79 bits per heavy atom. The third kappa shape index (κ3) is 3.91. The molecule has 146 valence electrons. The molecule has 0 aliphatic rings. The maximum atomic E-state index is 11.1. The van der Waals surface area contributed by atoms with Gasteiger partial charge in [0.25, 0.3) is 0 Å². The summed E-state index contributed by atoms with van der Waals surface area (Å²) in [6, 6.07) is 5.25. The molecule has 0 spiro atoms. The standard InChI is InChI=1S/C16H17N7O4S/c1-10-15(23(24)25)11(2)22(20-10)9-27-13-5-4-12(6-14(13)26-3)7-18-21-8-17-19-16(21)28/h4-8H,9H2,1-3H3,(H,19,28)/b18-7-. The molecule has 0 unspecified atom stereocenters. The fourth-order valence-corrected chi connectivity index (χ4v) is 2.69. The van der Waals surface area contributed by atoms with Crippen LogP contribution in [0, 0.1) is 28.7 Å². The lowest BCUT2D eigenvalue weighted by Gasteiger charge is -2.11. The van der Waals surface area contributed by atoms with E-state index < -0.39 is 4.92 Å². The van der Waals surface area contributed by atoms with Gasteiger partial charge in [-0.3, -0.25) is 15.2 Å². The number of rotatable bonds is 7. The first-order valence-corrected chi connectivity index (χ1v) is 8.47. The van der Waals surface area contributed by atoms with E-state index >= 15 is 0 Å². The first-order valence-electron chi connectivity index (χ1n) is 8.06. The Bertz CT molecular complexity index is 1100. The lowest BCUT2D eigenvalue weighted by atomic mass is 10.2. The van der Waals surface area contributed by atoms with Gasteiger partial charge < -0.3 is 9.47 Å². The van der Waals surface area contributed by atoms with E-state index in [1.807, 2.05) is 0 Å². The number of aromatic nitrogens is 5. The van der Waals surface area contributed by atoms with E-state index in [0.717, 1.165) is 5.56 Å². The molecule has 0 atom stereocenters. The minimum absolute atomic E-state index is 0.00842. The summed E-state index contributed by atoms with van der Waals surface area (Å²) >= 11 is 5.02.